The Morgan fingerprint density at radius 1 is 0.640 bits per heavy atom. The quantitative estimate of drug-likeness (QED) is 0.666. The van der Waals surface area contributed by atoms with Crippen LogP contribution in [0.2, 0.25) is 0 Å². The Morgan fingerprint density at radius 2 is 1.16 bits per heavy atom. The average molecular weight is 328 g/mol. The maximum atomic E-state index is 6.47. The van der Waals surface area contributed by atoms with Crippen LogP contribution >= 0.6 is 0 Å². The molecule has 1 saturated heterocycles. The SMILES string of the molecule is C[C@@H]1OB(c2ccccc2)O[C@@H](c2ccccc2)[C@@H]1c1ccccc1. The summed E-state index contributed by atoms with van der Waals surface area (Å²) in [5.41, 5.74) is 3.49. The molecule has 0 bridgehead atoms. The molecule has 4 rings (SSSR count). The third kappa shape index (κ3) is 3.39. The van der Waals surface area contributed by atoms with E-state index >= 15 is 0 Å². The Morgan fingerprint density at radius 3 is 1.76 bits per heavy atom. The van der Waals surface area contributed by atoms with Gasteiger partial charge in [0.25, 0.3) is 0 Å². The van der Waals surface area contributed by atoms with Crippen LogP contribution in [0.5, 0.6) is 0 Å². The largest absolute Gasteiger partial charge is 0.494 e. The van der Waals surface area contributed by atoms with Crippen LogP contribution < -0.4 is 5.46 Å². The molecular weight excluding hydrogens is 307 g/mol. The predicted molar refractivity (Wildman–Crippen MR) is 102 cm³/mol. The molecule has 1 aliphatic heterocycles. The summed E-state index contributed by atoms with van der Waals surface area (Å²) in [5, 5.41) is 0. The highest BCUT2D eigenvalue weighted by Gasteiger charge is 2.42. The fourth-order valence-electron chi connectivity index (χ4n) is 3.59. The fraction of sp³-hybridized carbons (Fsp3) is 0.182. The van der Waals surface area contributed by atoms with Crippen molar-refractivity contribution in [1.82, 2.24) is 0 Å². The highest BCUT2D eigenvalue weighted by molar-refractivity contribution is 6.61. The summed E-state index contributed by atoms with van der Waals surface area (Å²) < 4.78 is 12.7. The van der Waals surface area contributed by atoms with Gasteiger partial charge in [0, 0.05) is 12.0 Å². The van der Waals surface area contributed by atoms with Crippen molar-refractivity contribution in [2.75, 3.05) is 0 Å². The molecule has 0 spiro atoms. The molecular formula is C22H21BO2. The molecule has 0 aliphatic carbocycles. The lowest BCUT2D eigenvalue weighted by atomic mass is 9.73. The van der Waals surface area contributed by atoms with Crippen molar-refractivity contribution in [3.8, 4) is 0 Å². The molecule has 3 heteroatoms. The van der Waals surface area contributed by atoms with Crippen LogP contribution in [0.1, 0.15) is 30.1 Å². The maximum Gasteiger partial charge on any atom is 0.494 e. The summed E-state index contributed by atoms with van der Waals surface area (Å²) in [7, 11) is -0.346. The molecule has 1 fully saturated rings. The molecule has 0 unspecified atom stereocenters. The smallest absolute Gasteiger partial charge is 0.404 e. The van der Waals surface area contributed by atoms with Gasteiger partial charge in [0.2, 0.25) is 0 Å². The first-order valence-electron chi connectivity index (χ1n) is 8.78. The molecule has 25 heavy (non-hydrogen) atoms. The van der Waals surface area contributed by atoms with Gasteiger partial charge in [-0.15, -0.1) is 0 Å². The highest BCUT2D eigenvalue weighted by Crippen LogP contribution is 2.41. The van der Waals surface area contributed by atoms with E-state index in [1.807, 2.05) is 30.3 Å². The first-order chi connectivity index (χ1) is 12.3. The van der Waals surface area contributed by atoms with Gasteiger partial charge in [-0.3, -0.25) is 0 Å². The van der Waals surface area contributed by atoms with Gasteiger partial charge in [-0.25, -0.2) is 0 Å². The van der Waals surface area contributed by atoms with Gasteiger partial charge in [0.15, 0.2) is 0 Å². The van der Waals surface area contributed by atoms with Crippen molar-refractivity contribution in [1.29, 1.82) is 0 Å². The molecule has 0 saturated carbocycles. The Bertz CT molecular complexity index is 792. The van der Waals surface area contributed by atoms with Crippen LogP contribution in [0.25, 0.3) is 0 Å². The molecule has 3 aromatic carbocycles. The van der Waals surface area contributed by atoms with Crippen LogP contribution in [0, 0.1) is 0 Å². The van der Waals surface area contributed by atoms with Crippen molar-refractivity contribution < 1.29 is 9.31 Å². The van der Waals surface area contributed by atoms with E-state index < -0.39 is 0 Å². The van der Waals surface area contributed by atoms with Crippen LogP contribution in [0.4, 0.5) is 0 Å². The van der Waals surface area contributed by atoms with Crippen LogP contribution in [-0.2, 0) is 9.31 Å². The van der Waals surface area contributed by atoms with E-state index in [9.17, 15) is 0 Å². The number of hydrogen-bond acceptors (Lipinski definition) is 2. The first kappa shape index (κ1) is 16.1. The first-order valence-corrected chi connectivity index (χ1v) is 8.78. The molecule has 1 heterocycles. The molecule has 124 valence electrons. The van der Waals surface area contributed by atoms with Crippen molar-refractivity contribution in [3.63, 3.8) is 0 Å². The van der Waals surface area contributed by atoms with E-state index in [-0.39, 0.29) is 25.2 Å². The van der Waals surface area contributed by atoms with E-state index in [2.05, 4.69) is 67.6 Å². The third-order valence-corrected chi connectivity index (χ3v) is 4.82. The standard InChI is InChI=1S/C22H21BO2/c1-17-21(18-11-5-2-6-12-18)22(19-13-7-3-8-14-19)25-23(24-17)20-15-9-4-10-16-20/h2-17,21-22H,1H3/t17-,21-,22-/m0/s1. The van der Waals surface area contributed by atoms with Gasteiger partial charge >= 0.3 is 7.12 Å². The zero-order chi connectivity index (χ0) is 17.1. The molecule has 3 aromatic rings. The summed E-state index contributed by atoms with van der Waals surface area (Å²) in [6.07, 6.45) is 0.00381. The number of benzene rings is 3. The van der Waals surface area contributed by atoms with Crippen molar-refractivity contribution in [2.45, 2.75) is 25.0 Å². The van der Waals surface area contributed by atoms with E-state index in [1.54, 1.807) is 0 Å². The van der Waals surface area contributed by atoms with Crippen LogP contribution in [0.3, 0.4) is 0 Å². The third-order valence-electron chi connectivity index (χ3n) is 4.82. The van der Waals surface area contributed by atoms with Gasteiger partial charge in [-0.2, -0.15) is 0 Å². The molecule has 0 aromatic heterocycles. The van der Waals surface area contributed by atoms with Crippen molar-refractivity contribution in [3.05, 3.63) is 102 Å². The second-order valence-corrected chi connectivity index (χ2v) is 6.49. The van der Waals surface area contributed by atoms with Gasteiger partial charge < -0.3 is 9.31 Å². The topological polar surface area (TPSA) is 18.5 Å². The molecule has 0 N–H and O–H groups in total. The predicted octanol–water partition coefficient (Wildman–Crippen LogP) is 4.34. The van der Waals surface area contributed by atoms with Crippen LogP contribution in [-0.4, -0.2) is 13.2 Å². The van der Waals surface area contributed by atoms with Gasteiger partial charge in [0.1, 0.15) is 0 Å². The monoisotopic (exact) mass is 328 g/mol. The lowest BCUT2D eigenvalue weighted by Crippen LogP contribution is -2.48. The zero-order valence-corrected chi connectivity index (χ0v) is 14.3. The summed E-state index contributed by atoms with van der Waals surface area (Å²) in [5.74, 6) is 0.156. The second-order valence-electron chi connectivity index (χ2n) is 6.49. The minimum atomic E-state index is -0.346. The molecule has 0 radical (unpaired) electrons. The normalized spacial score (nSPS) is 23.4. The number of rotatable bonds is 3. The molecule has 2 nitrogen and oxygen atoms in total. The maximum absolute atomic E-state index is 6.47. The Kier molecular flexibility index (Phi) is 4.69. The van der Waals surface area contributed by atoms with E-state index in [0.717, 1.165) is 5.46 Å². The zero-order valence-electron chi connectivity index (χ0n) is 14.3. The van der Waals surface area contributed by atoms with E-state index in [4.69, 9.17) is 9.31 Å². The van der Waals surface area contributed by atoms with Crippen LogP contribution in [0.15, 0.2) is 91.0 Å². The minimum absolute atomic E-state index is 0.0439. The Balaban J connectivity index is 1.72. The average Bonchev–Trinajstić information content (AvgIpc) is 2.69. The van der Waals surface area contributed by atoms with E-state index in [0.29, 0.717) is 0 Å². The van der Waals surface area contributed by atoms with E-state index in [1.165, 1.54) is 11.1 Å². The number of hydrogen-bond donors (Lipinski definition) is 0. The summed E-state index contributed by atoms with van der Waals surface area (Å²) >= 11 is 0. The van der Waals surface area contributed by atoms with Crippen molar-refractivity contribution in [2.24, 2.45) is 0 Å². The Hall–Kier alpha value is -2.36. The van der Waals surface area contributed by atoms with Gasteiger partial charge in [0.05, 0.1) is 6.10 Å². The minimum Gasteiger partial charge on any atom is -0.404 e. The van der Waals surface area contributed by atoms with Gasteiger partial charge in [-0.05, 0) is 23.5 Å². The molecule has 3 atom stereocenters. The summed E-state index contributed by atoms with van der Waals surface area (Å²) in [6.45, 7) is 2.14. The second kappa shape index (κ2) is 7.26. The Labute approximate surface area is 149 Å². The van der Waals surface area contributed by atoms with Crippen molar-refractivity contribution >= 4 is 12.6 Å². The summed E-state index contributed by atoms with van der Waals surface area (Å²) in [4.78, 5) is 0. The fourth-order valence-corrected chi connectivity index (χ4v) is 3.59. The molecule has 1 aliphatic rings. The highest BCUT2D eigenvalue weighted by atomic mass is 16.6. The lowest BCUT2D eigenvalue weighted by molar-refractivity contribution is 0.00636. The van der Waals surface area contributed by atoms with Gasteiger partial charge in [-0.1, -0.05) is 91.0 Å². The summed E-state index contributed by atoms with van der Waals surface area (Å²) in [6, 6.07) is 31.1. The lowest BCUT2D eigenvalue weighted by Gasteiger charge is -2.40. The molecule has 0 amide bonds.